The van der Waals surface area contributed by atoms with Gasteiger partial charge in [0.25, 0.3) is 0 Å². The number of nitrogens with one attached hydrogen (secondary N) is 1. The number of hydrogen-bond acceptors (Lipinski definition) is 5. The number of nitrogens with zero attached hydrogens (tertiary/aromatic N) is 1. The summed E-state index contributed by atoms with van der Waals surface area (Å²) >= 11 is 1.52. The smallest absolute Gasteiger partial charge is 0.339 e. The van der Waals surface area contributed by atoms with Gasteiger partial charge >= 0.3 is 5.97 Å². The number of nitriles is 1. The number of carbonyl (C=O) groups is 1. The second kappa shape index (κ2) is 6.22. The Morgan fingerprint density at radius 3 is 2.90 bits per heavy atom. The molecule has 1 heterocycles. The van der Waals surface area contributed by atoms with Gasteiger partial charge < -0.3 is 10.1 Å². The third-order valence-electron chi connectivity index (χ3n) is 2.82. The molecule has 0 radical (unpaired) electrons. The zero-order valence-electron chi connectivity index (χ0n) is 11.3. The summed E-state index contributed by atoms with van der Waals surface area (Å²) in [6.45, 7) is 2.49. The molecule has 1 aromatic heterocycles. The fourth-order valence-corrected chi connectivity index (χ4v) is 2.55. The van der Waals surface area contributed by atoms with E-state index in [4.69, 9.17) is 10.00 Å². The molecule has 5 heteroatoms. The van der Waals surface area contributed by atoms with Gasteiger partial charge in [0, 0.05) is 22.5 Å². The van der Waals surface area contributed by atoms with E-state index in [0.29, 0.717) is 17.7 Å². The monoisotopic (exact) mass is 286 g/mol. The Hall–Kier alpha value is -2.32. The van der Waals surface area contributed by atoms with E-state index in [0.717, 1.165) is 16.1 Å². The summed E-state index contributed by atoms with van der Waals surface area (Å²) in [7, 11) is 1.37. The molecule has 0 fully saturated rings. The molecule has 4 nitrogen and oxygen atoms in total. The molecule has 0 atom stereocenters. The highest BCUT2D eigenvalue weighted by Gasteiger charge is 2.12. The van der Waals surface area contributed by atoms with Gasteiger partial charge in [-0.1, -0.05) is 11.6 Å². The zero-order chi connectivity index (χ0) is 14.5. The van der Waals surface area contributed by atoms with Gasteiger partial charge in [0.15, 0.2) is 0 Å². The van der Waals surface area contributed by atoms with Gasteiger partial charge in [-0.05, 0) is 25.1 Å². The second-order valence-corrected chi connectivity index (χ2v) is 5.30. The van der Waals surface area contributed by atoms with E-state index in [1.54, 1.807) is 6.07 Å². The normalized spacial score (nSPS) is 9.85. The fourth-order valence-electron chi connectivity index (χ4n) is 1.81. The lowest BCUT2D eigenvalue weighted by molar-refractivity contribution is 0.0601. The van der Waals surface area contributed by atoms with Crippen molar-refractivity contribution in [2.45, 2.75) is 13.5 Å². The Labute approximate surface area is 121 Å². The van der Waals surface area contributed by atoms with Crippen LogP contribution in [0.15, 0.2) is 29.6 Å². The molecule has 0 aliphatic rings. The number of hydrogen-bond donors (Lipinski definition) is 1. The van der Waals surface area contributed by atoms with Crippen LogP contribution in [-0.4, -0.2) is 13.1 Å². The van der Waals surface area contributed by atoms with Crippen molar-refractivity contribution in [3.63, 3.8) is 0 Å². The summed E-state index contributed by atoms with van der Waals surface area (Å²) in [5.41, 5.74) is 2.90. The number of esters is 1. The van der Waals surface area contributed by atoms with E-state index in [1.165, 1.54) is 18.4 Å². The van der Waals surface area contributed by atoms with Gasteiger partial charge in [0.1, 0.15) is 6.07 Å². The molecule has 2 rings (SSSR count). The van der Waals surface area contributed by atoms with Crippen LogP contribution in [0.1, 0.15) is 26.4 Å². The van der Waals surface area contributed by atoms with Crippen molar-refractivity contribution in [1.29, 1.82) is 5.26 Å². The molecule has 0 spiro atoms. The van der Waals surface area contributed by atoms with Crippen LogP contribution in [0.4, 0.5) is 5.69 Å². The molecule has 0 saturated carbocycles. The molecule has 0 bridgehead atoms. The topological polar surface area (TPSA) is 62.1 Å². The molecule has 1 aromatic carbocycles. The van der Waals surface area contributed by atoms with Crippen molar-refractivity contribution in [3.8, 4) is 6.07 Å². The molecular weight excluding hydrogens is 272 g/mol. The third kappa shape index (κ3) is 3.16. The van der Waals surface area contributed by atoms with Crippen molar-refractivity contribution < 1.29 is 9.53 Å². The van der Waals surface area contributed by atoms with Crippen molar-refractivity contribution in [2.24, 2.45) is 0 Å². The minimum Gasteiger partial charge on any atom is -0.465 e. The quantitative estimate of drug-likeness (QED) is 0.876. The Bertz CT molecular complexity index is 671. The van der Waals surface area contributed by atoms with E-state index in [-0.39, 0.29) is 5.97 Å². The molecule has 0 unspecified atom stereocenters. The highest BCUT2D eigenvalue weighted by molar-refractivity contribution is 7.10. The third-order valence-corrected chi connectivity index (χ3v) is 3.75. The van der Waals surface area contributed by atoms with Gasteiger partial charge in [-0.3, -0.25) is 0 Å². The van der Waals surface area contributed by atoms with Crippen LogP contribution in [0.5, 0.6) is 0 Å². The first-order chi connectivity index (χ1) is 9.63. The van der Waals surface area contributed by atoms with Crippen LogP contribution in [0.2, 0.25) is 0 Å². The van der Waals surface area contributed by atoms with Crippen molar-refractivity contribution >= 4 is 23.0 Å². The lowest BCUT2D eigenvalue weighted by Crippen LogP contribution is -2.08. The van der Waals surface area contributed by atoms with Crippen LogP contribution in [0, 0.1) is 18.3 Å². The van der Waals surface area contributed by atoms with E-state index < -0.39 is 0 Å². The van der Waals surface area contributed by atoms with E-state index in [9.17, 15) is 4.79 Å². The highest BCUT2D eigenvalue weighted by Crippen LogP contribution is 2.21. The standard InChI is InChI=1S/C15H14N2O2S/c1-10-3-4-14(13(5-10)15(18)19-2)17-8-12-6-11(7-16)9-20-12/h3-6,9,17H,8H2,1-2H3. The number of ether oxygens (including phenoxy) is 1. The largest absolute Gasteiger partial charge is 0.465 e. The maximum atomic E-state index is 11.7. The summed E-state index contributed by atoms with van der Waals surface area (Å²) in [6, 6.07) is 9.53. The number of benzene rings is 1. The molecule has 20 heavy (non-hydrogen) atoms. The molecule has 0 aliphatic carbocycles. The maximum Gasteiger partial charge on any atom is 0.339 e. The average molecular weight is 286 g/mol. The highest BCUT2D eigenvalue weighted by atomic mass is 32.1. The molecule has 0 amide bonds. The van der Waals surface area contributed by atoms with Crippen molar-refractivity contribution in [2.75, 3.05) is 12.4 Å². The van der Waals surface area contributed by atoms with Crippen LogP contribution >= 0.6 is 11.3 Å². The number of aryl methyl sites for hydroxylation is 1. The predicted molar refractivity (Wildman–Crippen MR) is 78.9 cm³/mol. The predicted octanol–water partition coefficient (Wildman–Crippen LogP) is 3.33. The van der Waals surface area contributed by atoms with Crippen molar-refractivity contribution in [1.82, 2.24) is 0 Å². The van der Waals surface area contributed by atoms with Crippen LogP contribution in [0.3, 0.4) is 0 Å². The molecule has 0 aliphatic heterocycles. The minimum atomic E-state index is -0.361. The molecular formula is C15H14N2O2S. The van der Waals surface area contributed by atoms with Gasteiger partial charge in [-0.2, -0.15) is 5.26 Å². The first kappa shape index (κ1) is 14.1. The molecule has 2 aromatic rings. The fraction of sp³-hybridized carbons (Fsp3) is 0.200. The van der Waals surface area contributed by atoms with Gasteiger partial charge in [0.05, 0.1) is 18.2 Å². The van der Waals surface area contributed by atoms with Gasteiger partial charge in [-0.25, -0.2) is 4.79 Å². The Balaban J connectivity index is 2.17. The van der Waals surface area contributed by atoms with Crippen molar-refractivity contribution in [3.05, 3.63) is 51.2 Å². The first-order valence-corrected chi connectivity index (χ1v) is 6.92. The summed E-state index contributed by atoms with van der Waals surface area (Å²) < 4.78 is 4.79. The zero-order valence-corrected chi connectivity index (χ0v) is 12.1. The Morgan fingerprint density at radius 2 is 2.25 bits per heavy atom. The lowest BCUT2D eigenvalue weighted by Gasteiger charge is -2.10. The van der Waals surface area contributed by atoms with E-state index in [1.807, 2.05) is 30.5 Å². The Kier molecular flexibility index (Phi) is 4.38. The van der Waals surface area contributed by atoms with Gasteiger partial charge in [-0.15, -0.1) is 11.3 Å². The number of carbonyl (C=O) groups excluding carboxylic acids is 1. The first-order valence-electron chi connectivity index (χ1n) is 6.04. The number of rotatable bonds is 4. The minimum absolute atomic E-state index is 0.361. The summed E-state index contributed by atoms with van der Waals surface area (Å²) in [4.78, 5) is 12.8. The summed E-state index contributed by atoms with van der Waals surface area (Å²) in [6.07, 6.45) is 0. The second-order valence-electron chi connectivity index (χ2n) is 4.31. The SMILES string of the molecule is COC(=O)c1cc(C)ccc1NCc1cc(C#N)cs1. The number of methoxy groups -OCH3 is 1. The molecule has 1 N–H and O–H groups in total. The molecule has 0 saturated heterocycles. The van der Waals surface area contributed by atoms with Crippen LogP contribution in [0.25, 0.3) is 0 Å². The average Bonchev–Trinajstić information content (AvgIpc) is 2.93. The molecule has 102 valence electrons. The maximum absolute atomic E-state index is 11.7. The van der Waals surface area contributed by atoms with E-state index >= 15 is 0 Å². The van der Waals surface area contributed by atoms with Crippen LogP contribution in [-0.2, 0) is 11.3 Å². The number of thiophene rings is 1. The Morgan fingerprint density at radius 1 is 1.45 bits per heavy atom. The van der Waals surface area contributed by atoms with Gasteiger partial charge in [0.2, 0.25) is 0 Å². The summed E-state index contributed by atoms with van der Waals surface area (Å²) in [5, 5.41) is 13.8. The summed E-state index contributed by atoms with van der Waals surface area (Å²) in [5.74, 6) is -0.361. The number of anilines is 1. The van der Waals surface area contributed by atoms with Crippen LogP contribution < -0.4 is 5.32 Å². The van der Waals surface area contributed by atoms with E-state index in [2.05, 4.69) is 11.4 Å². The lowest BCUT2D eigenvalue weighted by atomic mass is 10.1.